The van der Waals surface area contributed by atoms with Gasteiger partial charge in [0.25, 0.3) is 0 Å². The Kier molecular flexibility index (Phi) is 6.97. The van der Waals surface area contributed by atoms with Crippen LogP contribution in [0.1, 0.15) is 0 Å². The summed E-state index contributed by atoms with van der Waals surface area (Å²) < 4.78 is 8.40. The molecular weight excluding hydrogens is 635 g/mol. The number of benzene rings is 8. The molecule has 0 bridgehead atoms. The van der Waals surface area contributed by atoms with Crippen LogP contribution >= 0.6 is 0 Å². The zero-order valence-electron chi connectivity index (χ0n) is 28.2. The SMILES string of the molecule is O=c1oc2cc(-c3cc(-c4ccccc4)cc(-c4ccccc4)c3)ccc2c2ccc(-c3ccc4c5ccccc5n(-c5ccccc5)c4c3)cc12. The Morgan fingerprint density at radius 3 is 1.50 bits per heavy atom. The summed E-state index contributed by atoms with van der Waals surface area (Å²) in [6.07, 6.45) is 0. The average molecular weight is 666 g/mol. The van der Waals surface area contributed by atoms with E-state index >= 15 is 0 Å². The minimum Gasteiger partial charge on any atom is -0.422 e. The van der Waals surface area contributed by atoms with Crippen LogP contribution in [0.25, 0.3) is 93.7 Å². The predicted octanol–water partition coefficient (Wildman–Crippen LogP) is 12.7. The molecule has 0 saturated heterocycles. The van der Waals surface area contributed by atoms with Gasteiger partial charge in [-0.2, -0.15) is 0 Å². The highest BCUT2D eigenvalue weighted by Gasteiger charge is 2.15. The molecule has 244 valence electrons. The average Bonchev–Trinajstić information content (AvgIpc) is 3.55. The van der Waals surface area contributed by atoms with Gasteiger partial charge in [-0.3, -0.25) is 0 Å². The van der Waals surface area contributed by atoms with E-state index in [0.29, 0.717) is 11.0 Å². The molecule has 2 heterocycles. The molecule has 0 aliphatic rings. The number of aromatic nitrogens is 1. The molecule has 8 aromatic carbocycles. The Bertz CT molecular complexity index is 2950. The monoisotopic (exact) mass is 665 g/mol. The van der Waals surface area contributed by atoms with E-state index in [1.807, 2.05) is 30.3 Å². The molecule has 0 radical (unpaired) electrons. The summed E-state index contributed by atoms with van der Waals surface area (Å²) in [4.78, 5) is 13.7. The highest BCUT2D eigenvalue weighted by atomic mass is 16.4. The van der Waals surface area contributed by atoms with Crippen molar-refractivity contribution in [2.45, 2.75) is 0 Å². The van der Waals surface area contributed by atoms with Crippen molar-refractivity contribution in [3.63, 3.8) is 0 Å². The maximum absolute atomic E-state index is 13.7. The van der Waals surface area contributed by atoms with Gasteiger partial charge in [0.15, 0.2) is 0 Å². The Morgan fingerprint density at radius 1 is 0.327 bits per heavy atom. The molecule has 0 saturated carbocycles. The minimum absolute atomic E-state index is 0.344. The van der Waals surface area contributed by atoms with Gasteiger partial charge in [0.05, 0.1) is 16.4 Å². The van der Waals surface area contributed by atoms with Gasteiger partial charge in [-0.05, 0) is 111 Å². The first kappa shape index (κ1) is 29.9. The summed E-state index contributed by atoms with van der Waals surface area (Å²) in [5.74, 6) is 0. The zero-order chi connectivity index (χ0) is 34.6. The van der Waals surface area contributed by atoms with Crippen molar-refractivity contribution in [2.75, 3.05) is 0 Å². The summed E-state index contributed by atoms with van der Waals surface area (Å²) in [6.45, 7) is 0. The molecule has 0 spiro atoms. The van der Waals surface area contributed by atoms with Gasteiger partial charge >= 0.3 is 5.63 Å². The third kappa shape index (κ3) is 5.02. The summed E-state index contributed by atoms with van der Waals surface area (Å²) in [5.41, 5.74) is 12.2. The first-order chi connectivity index (χ1) is 25.7. The van der Waals surface area contributed by atoms with E-state index in [1.165, 1.54) is 10.8 Å². The summed E-state index contributed by atoms with van der Waals surface area (Å²) in [6, 6.07) is 65.4. The normalized spacial score (nSPS) is 11.5. The van der Waals surface area contributed by atoms with E-state index in [1.54, 1.807) is 0 Å². The third-order valence-corrected chi connectivity index (χ3v) is 10.2. The van der Waals surface area contributed by atoms with Crippen LogP contribution in [0.2, 0.25) is 0 Å². The maximum Gasteiger partial charge on any atom is 0.344 e. The van der Waals surface area contributed by atoms with Crippen LogP contribution in [0.4, 0.5) is 0 Å². The maximum atomic E-state index is 13.7. The van der Waals surface area contributed by atoms with Crippen LogP contribution in [0.5, 0.6) is 0 Å². The molecule has 3 heteroatoms. The summed E-state index contributed by atoms with van der Waals surface area (Å²) in [5, 5.41) is 4.76. The molecule has 0 amide bonds. The summed E-state index contributed by atoms with van der Waals surface area (Å²) >= 11 is 0. The molecule has 0 atom stereocenters. The first-order valence-corrected chi connectivity index (χ1v) is 17.5. The van der Waals surface area contributed by atoms with E-state index in [2.05, 4.69) is 162 Å². The topological polar surface area (TPSA) is 35.1 Å². The molecule has 10 aromatic rings. The van der Waals surface area contributed by atoms with Crippen LogP contribution in [-0.4, -0.2) is 4.57 Å². The van der Waals surface area contributed by atoms with Gasteiger partial charge in [-0.25, -0.2) is 4.79 Å². The van der Waals surface area contributed by atoms with E-state index < -0.39 is 0 Å². The molecule has 3 nitrogen and oxygen atoms in total. The number of hydrogen-bond donors (Lipinski definition) is 0. The number of fused-ring (bicyclic) bond motifs is 6. The van der Waals surface area contributed by atoms with Gasteiger partial charge in [0.1, 0.15) is 5.58 Å². The number of para-hydroxylation sites is 2. The number of rotatable bonds is 5. The quantitative estimate of drug-likeness (QED) is 0.135. The molecule has 52 heavy (non-hydrogen) atoms. The van der Waals surface area contributed by atoms with Crippen LogP contribution in [0.3, 0.4) is 0 Å². The van der Waals surface area contributed by atoms with Crippen molar-refractivity contribution in [3.8, 4) is 50.2 Å². The van der Waals surface area contributed by atoms with Crippen LogP contribution in [0.15, 0.2) is 197 Å². The molecule has 0 unspecified atom stereocenters. The molecule has 0 fully saturated rings. The van der Waals surface area contributed by atoms with Crippen molar-refractivity contribution in [1.29, 1.82) is 0 Å². The Hall–Kier alpha value is -6.97. The van der Waals surface area contributed by atoms with E-state index in [9.17, 15) is 4.79 Å². The lowest BCUT2D eigenvalue weighted by molar-refractivity contribution is 0.570. The minimum atomic E-state index is -0.344. The van der Waals surface area contributed by atoms with E-state index in [-0.39, 0.29) is 5.63 Å². The molecule has 0 aliphatic heterocycles. The van der Waals surface area contributed by atoms with Gasteiger partial charge in [-0.15, -0.1) is 0 Å². The van der Waals surface area contributed by atoms with Crippen molar-refractivity contribution in [1.82, 2.24) is 4.57 Å². The molecule has 0 aliphatic carbocycles. The number of hydrogen-bond acceptors (Lipinski definition) is 2. The molecule has 2 aromatic heterocycles. The smallest absolute Gasteiger partial charge is 0.344 e. The van der Waals surface area contributed by atoms with E-state index in [4.69, 9.17) is 4.42 Å². The Balaban J connectivity index is 1.09. The van der Waals surface area contributed by atoms with E-state index in [0.717, 1.165) is 72.0 Å². The standard InChI is InChI=1S/C49H31NO2/c51-49-45-29-34(35-21-24-43-42-18-10-11-19-46(42)50(47(43)30-35)40-16-8-3-9-17-40)20-23-41(45)44-25-22-36(31-48(44)52-49)39-27-37(32-12-4-1-5-13-32)26-38(28-39)33-14-6-2-7-15-33/h1-31H. The fourth-order valence-electron chi connectivity index (χ4n) is 7.69. The van der Waals surface area contributed by atoms with Crippen LogP contribution in [0, 0.1) is 0 Å². The second-order valence-corrected chi connectivity index (χ2v) is 13.3. The van der Waals surface area contributed by atoms with Crippen LogP contribution in [-0.2, 0) is 0 Å². The first-order valence-electron chi connectivity index (χ1n) is 17.5. The molecule has 10 rings (SSSR count). The summed E-state index contributed by atoms with van der Waals surface area (Å²) in [7, 11) is 0. The van der Waals surface area contributed by atoms with Crippen molar-refractivity contribution in [2.24, 2.45) is 0 Å². The lowest BCUT2D eigenvalue weighted by Gasteiger charge is -2.12. The lowest BCUT2D eigenvalue weighted by Crippen LogP contribution is -2.00. The fraction of sp³-hybridized carbons (Fsp3) is 0. The van der Waals surface area contributed by atoms with Crippen molar-refractivity contribution < 1.29 is 4.42 Å². The Morgan fingerprint density at radius 2 is 0.827 bits per heavy atom. The highest BCUT2D eigenvalue weighted by Crippen LogP contribution is 2.38. The predicted molar refractivity (Wildman–Crippen MR) is 216 cm³/mol. The van der Waals surface area contributed by atoms with Gasteiger partial charge in [-0.1, -0.05) is 127 Å². The Labute approximate surface area is 300 Å². The van der Waals surface area contributed by atoms with Gasteiger partial charge in [0.2, 0.25) is 0 Å². The second kappa shape index (κ2) is 12.1. The molecule has 0 N–H and O–H groups in total. The largest absolute Gasteiger partial charge is 0.422 e. The fourth-order valence-corrected chi connectivity index (χ4v) is 7.69. The number of nitrogens with zero attached hydrogens (tertiary/aromatic N) is 1. The molecular formula is C49H31NO2. The van der Waals surface area contributed by atoms with Crippen molar-refractivity contribution in [3.05, 3.63) is 198 Å². The van der Waals surface area contributed by atoms with Gasteiger partial charge < -0.3 is 8.98 Å². The van der Waals surface area contributed by atoms with Crippen LogP contribution < -0.4 is 5.63 Å². The van der Waals surface area contributed by atoms with Gasteiger partial charge in [0, 0.05) is 21.8 Å². The highest BCUT2D eigenvalue weighted by molar-refractivity contribution is 6.11. The lowest BCUT2D eigenvalue weighted by atomic mass is 9.92. The zero-order valence-corrected chi connectivity index (χ0v) is 28.2. The van der Waals surface area contributed by atoms with Crippen molar-refractivity contribution >= 4 is 43.5 Å². The third-order valence-electron chi connectivity index (χ3n) is 10.2. The second-order valence-electron chi connectivity index (χ2n) is 13.3.